The molecule has 0 aliphatic carbocycles. The Morgan fingerprint density at radius 1 is 1.22 bits per heavy atom. The molecule has 0 aromatic rings. The van der Waals surface area contributed by atoms with E-state index in [1.54, 1.807) is 0 Å². The van der Waals surface area contributed by atoms with Crippen LogP contribution in [-0.2, 0) is 9.59 Å². The van der Waals surface area contributed by atoms with Crippen LogP contribution in [0.5, 0.6) is 0 Å². The Balaban J connectivity index is 3.33. The van der Waals surface area contributed by atoms with Crippen LogP contribution in [0.3, 0.4) is 0 Å². The molecular formula is C14H27NO2S. The van der Waals surface area contributed by atoms with Crippen molar-refractivity contribution in [3.63, 3.8) is 0 Å². The topological polar surface area (TPSA) is 46.2 Å². The number of nitrogens with one attached hydrogen (secondary N) is 1. The second-order valence-corrected chi connectivity index (χ2v) is 5.71. The third-order valence-corrected chi connectivity index (χ3v) is 3.53. The summed E-state index contributed by atoms with van der Waals surface area (Å²) in [5.41, 5.74) is 0. The molecular weight excluding hydrogens is 246 g/mol. The van der Waals surface area contributed by atoms with E-state index in [4.69, 9.17) is 0 Å². The van der Waals surface area contributed by atoms with Gasteiger partial charge < -0.3 is 10.1 Å². The van der Waals surface area contributed by atoms with Crippen LogP contribution in [0, 0.1) is 0 Å². The predicted molar refractivity (Wildman–Crippen MR) is 79.0 cm³/mol. The summed E-state index contributed by atoms with van der Waals surface area (Å²) in [5, 5.41) is 3.03. The zero-order valence-electron chi connectivity index (χ0n) is 11.7. The summed E-state index contributed by atoms with van der Waals surface area (Å²) < 4.78 is 0. The molecule has 0 spiro atoms. The van der Waals surface area contributed by atoms with Crippen LogP contribution in [-0.4, -0.2) is 30.2 Å². The van der Waals surface area contributed by atoms with Gasteiger partial charge in [0.1, 0.15) is 6.29 Å². The smallest absolute Gasteiger partial charge is 0.220 e. The lowest BCUT2D eigenvalue weighted by Crippen LogP contribution is -2.32. The van der Waals surface area contributed by atoms with E-state index in [0.29, 0.717) is 12.8 Å². The Morgan fingerprint density at radius 3 is 2.56 bits per heavy atom. The van der Waals surface area contributed by atoms with Crippen LogP contribution >= 0.6 is 11.8 Å². The average molecular weight is 273 g/mol. The van der Waals surface area contributed by atoms with Gasteiger partial charge in [0.05, 0.1) is 0 Å². The van der Waals surface area contributed by atoms with Crippen molar-refractivity contribution in [3.8, 4) is 0 Å². The van der Waals surface area contributed by atoms with Crippen molar-refractivity contribution in [2.45, 2.75) is 64.3 Å². The SMILES string of the molecule is CSCC[C@@H](C)NC(=O)CCCCCCCC=O. The van der Waals surface area contributed by atoms with Crippen molar-refractivity contribution < 1.29 is 9.59 Å². The molecule has 106 valence electrons. The summed E-state index contributed by atoms with van der Waals surface area (Å²) in [6.07, 6.45) is 10.7. The van der Waals surface area contributed by atoms with Gasteiger partial charge in [-0.3, -0.25) is 4.79 Å². The van der Waals surface area contributed by atoms with Crippen LogP contribution in [0.25, 0.3) is 0 Å². The Kier molecular flexibility index (Phi) is 12.6. The van der Waals surface area contributed by atoms with Gasteiger partial charge in [-0.2, -0.15) is 11.8 Å². The Labute approximate surface area is 115 Å². The van der Waals surface area contributed by atoms with Crippen LogP contribution in [0.15, 0.2) is 0 Å². The zero-order valence-corrected chi connectivity index (χ0v) is 12.6. The van der Waals surface area contributed by atoms with Crippen molar-refractivity contribution >= 4 is 24.0 Å². The van der Waals surface area contributed by atoms with Gasteiger partial charge in [-0.15, -0.1) is 0 Å². The number of thioether (sulfide) groups is 1. The summed E-state index contributed by atoms with van der Waals surface area (Å²) in [6.45, 7) is 2.06. The van der Waals surface area contributed by atoms with Gasteiger partial charge in [0.15, 0.2) is 0 Å². The Hall–Kier alpha value is -0.510. The number of carbonyl (C=O) groups is 2. The number of hydrogen-bond acceptors (Lipinski definition) is 3. The van der Waals surface area contributed by atoms with Gasteiger partial charge in [-0.1, -0.05) is 19.3 Å². The highest BCUT2D eigenvalue weighted by atomic mass is 32.2. The summed E-state index contributed by atoms with van der Waals surface area (Å²) in [6, 6.07) is 0.289. The first kappa shape index (κ1) is 17.5. The highest BCUT2D eigenvalue weighted by Gasteiger charge is 2.06. The molecule has 0 aromatic heterocycles. The van der Waals surface area contributed by atoms with Gasteiger partial charge in [-0.05, 0) is 38.2 Å². The fourth-order valence-electron chi connectivity index (χ4n) is 1.76. The zero-order chi connectivity index (χ0) is 13.6. The first-order valence-corrected chi connectivity index (χ1v) is 8.32. The van der Waals surface area contributed by atoms with Crippen LogP contribution in [0.4, 0.5) is 0 Å². The predicted octanol–water partition coefficient (Wildman–Crippen LogP) is 3.17. The standard InChI is InChI=1S/C14H27NO2S/c1-13(10-12-18-2)15-14(17)9-7-5-3-4-6-8-11-16/h11,13H,3-10,12H2,1-2H3,(H,15,17)/t13-/m1/s1. The molecule has 3 nitrogen and oxygen atoms in total. The molecule has 0 rings (SSSR count). The van der Waals surface area contributed by atoms with E-state index in [1.165, 1.54) is 0 Å². The maximum atomic E-state index is 11.6. The number of rotatable bonds is 12. The minimum atomic E-state index is 0.177. The molecule has 0 aliphatic rings. The first-order chi connectivity index (χ1) is 8.70. The van der Waals surface area contributed by atoms with E-state index < -0.39 is 0 Å². The number of unbranched alkanes of at least 4 members (excludes halogenated alkanes) is 5. The molecule has 0 bridgehead atoms. The quantitative estimate of drug-likeness (QED) is 0.439. The van der Waals surface area contributed by atoms with E-state index in [-0.39, 0.29) is 11.9 Å². The maximum absolute atomic E-state index is 11.6. The number of amides is 1. The molecule has 0 heterocycles. The third kappa shape index (κ3) is 12.0. The highest BCUT2D eigenvalue weighted by molar-refractivity contribution is 7.98. The molecule has 0 saturated heterocycles. The Morgan fingerprint density at radius 2 is 1.89 bits per heavy atom. The van der Waals surface area contributed by atoms with Crippen molar-refractivity contribution in [2.75, 3.05) is 12.0 Å². The monoisotopic (exact) mass is 273 g/mol. The molecule has 0 unspecified atom stereocenters. The second kappa shape index (κ2) is 12.9. The lowest BCUT2D eigenvalue weighted by atomic mass is 10.1. The van der Waals surface area contributed by atoms with Crippen molar-refractivity contribution in [2.24, 2.45) is 0 Å². The number of hydrogen-bond donors (Lipinski definition) is 1. The molecule has 1 N–H and O–H groups in total. The number of carbonyl (C=O) groups excluding carboxylic acids is 2. The summed E-state index contributed by atoms with van der Waals surface area (Å²) in [7, 11) is 0. The molecule has 18 heavy (non-hydrogen) atoms. The summed E-state index contributed by atoms with van der Waals surface area (Å²) in [4.78, 5) is 21.7. The Bertz CT molecular complexity index is 222. The van der Waals surface area contributed by atoms with Crippen LogP contribution in [0.1, 0.15) is 58.3 Å². The van der Waals surface area contributed by atoms with Gasteiger partial charge in [-0.25, -0.2) is 0 Å². The van der Waals surface area contributed by atoms with Gasteiger partial charge in [0.25, 0.3) is 0 Å². The van der Waals surface area contributed by atoms with Gasteiger partial charge >= 0.3 is 0 Å². The average Bonchev–Trinajstić information content (AvgIpc) is 2.35. The molecule has 1 atom stereocenters. The largest absolute Gasteiger partial charge is 0.354 e. The van der Waals surface area contributed by atoms with Crippen LogP contribution in [0.2, 0.25) is 0 Å². The number of aldehydes is 1. The lowest BCUT2D eigenvalue weighted by molar-refractivity contribution is -0.121. The lowest BCUT2D eigenvalue weighted by Gasteiger charge is -2.12. The molecule has 0 radical (unpaired) electrons. The molecule has 4 heteroatoms. The van der Waals surface area contributed by atoms with E-state index in [0.717, 1.165) is 50.6 Å². The fraction of sp³-hybridized carbons (Fsp3) is 0.857. The van der Waals surface area contributed by atoms with E-state index in [2.05, 4.69) is 18.5 Å². The van der Waals surface area contributed by atoms with Crippen LogP contribution < -0.4 is 5.32 Å². The molecule has 0 fully saturated rings. The van der Waals surface area contributed by atoms with E-state index in [1.807, 2.05) is 11.8 Å². The minimum absolute atomic E-state index is 0.177. The van der Waals surface area contributed by atoms with Crippen molar-refractivity contribution in [1.29, 1.82) is 0 Å². The summed E-state index contributed by atoms with van der Waals surface area (Å²) in [5.74, 6) is 1.27. The minimum Gasteiger partial charge on any atom is -0.354 e. The van der Waals surface area contributed by atoms with Crippen molar-refractivity contribution in [3.05, 3.63) is 0 Å². The molecule has 0 aliphatic heterocycles. The normalized spacial score (nSPS) is 12.1. The second-order valence-electron chi connectivity index (χ2n) is 4.72. The third-order valence-electron chi connectivity index (χ3n) is 2.89. The maximum Gasteiger partial charge on any atom is 0.220 e. The molecule has 0 saturated carbocycles. The van der Waals surface area contributed by atoms with Gasteiger partial charge in [0.2, 0.25) is 5.91 Å². The molecule has 0 aromatic carbocycles. The van der Waals surface area contributed by atoms with E-state index >= 15 is 0 Å². The van der Waals surface area contributed by atoms with E-state index in [9.17, 15) is 9.59 Å². The first-order valence-electron chi connectivity index (χ1n) is 6.92. The summed E-state index contributed by atoms with van der Waals surface area (Å²) >= 11 is 1.81. The highest BCUT2D eigenvalue weighted by Crippen LogP contribution is 2.07. The van der Waals surface area contributed by atoms with Gasteiger partial charge in [0, 0.05) is 18.9 Å². The van der Waals surface area contributed by atoms with Crippen molar-refractivity contribution in [1.82, 2.24) is 5.32 Å². The molecule has 1 amide bonds. The fourth-order valence-corrected chi connectivity index (χ4v) is 2.35.